The van der Waals surface area contributed by atoms with Gasteiger partial charge in [-0.25, -0.2) is 4.79 Å². The number of phenols is 1. The second kappa shape index (κ2) is 14.2. The van der Waals surface area contributed by atoms with Gasteiger partial charge in [0.2, 0.25) is 17.7 Å². The van der Waals surface area contributed by atoms with Gasteiger partial charge in [-0.1, -0.05) is 30.3 Å². The Hall–Kier alpha value is -4.03. The van der Waals surface area contributed by atoms with Gasteiger partial charge < -0.3 is 36.5 Å². The molecular formula is C30H37N5O6S. The lowest BCUT2D eigenvalue weighted by atomic mass is 10.0. The number of hydrogen-bond acceptors (Lipinski definition) is 7. The summed E-state index contributed by atoms with van der Waals surface area (Å²) >= 11 is 1.59. The zero-order valence-corrected chi connectivity index (χ0v) is 24.2. The Morgan fingerprint density at radius 1 is 1.07 bits per heavy atom. The number of rotatable bonds is 13. The zero-order chi connectivity index (χ0) is 30.2. The summed E-state index contributed by atoms with van der Waals surface area (Å²) in [5, 5.41) is 25.7. The number of H-pyrrole nitrogens is 1. The Kier molecular flexibility index (Phi) is 10.5. The number of carbonyl (C=O) groups excluding carboxylic acids is 3. The summed E-state index contributed by atoms with van der Waals surface area (Å²) in [6.45, 7) is 0.400. The van der Waals surface area contributed by atoms with Crippen molar-refractivity contribution in [3.8, 4) is 5.75 Å². The number of aromatic hydroxyl groups is 1. The van der Waals surface area contributed by atoms with Gasteiger partial charge in [0, 0.05) is 36.5 Å². The van der Waals surface area contributed by atoms with E-state index in [2.05, 4.69) is 15.6 Å². The van der Waals surface area contributed by atoms with Gasteiger partial charge in [-0.15, -0.1) is 0 Å². The summed E-state index contributed by atoms with van der Waals surface area (Å²) in [5.74, 6) is -1.91. The van der Waals surface area contributed by atoms with Gasteiger partial charge in [0.1, 0.15) is 23.9 Å². The van der Waals surface area contributed by atoms with Crippen LogP contribution >= 0.6 is 11.8 Å². The minimum atomic E-state index is -1.27. The van der Waals surface area contributed by atoms with Crippen LogP contribution in [-0.4, -0.2) is 86.5 Å². The van der Waals surface area contributed by atoms with Crippen molar-refractivity contribution in [3.05, 3.63) is 65.9 Å². The summed E-state index contributed by atoms with van der Waals surface area (Å²) in [6.07, 6.45) is 5.34. The highest BCUT2D eigenvalue weighted by Crippen LogP contribution is 2.22. The van der Waals surface area contributed by atoms with Crippen molar-refractivity contribution in [3.63, 3.8) is 0 Å². The molecule has 0 bridgehead atoms. The first-order valence-corrected chi connectivity index (χ1v) is 15.3. The molecule has 3 amide bonds. The van der Waals surface area contributed by atoms with Crippen molar-refractivity contribution in [1.82, 2.24) is 20.5 Å². The Bertz CT molecular complexity index is 1410. The maximum Gasteiger partial charge on any atom is 0.326 e. The fourth-order valence-corrected chi connectivity index (χ4v) is 5.71. The number of carbonyl (C=O) groups is 4. The van der Waals surface area contributed by atoms with E-state index in [0.29, 0.717) is 31.4 Å². The first kappa shape index (κ1) is 30.9. The fourth-order valence-electron chi connectivity index (χ4n) is 5.22. The van der Waals surface area contributed by atoms with Crippen LogP contribution in [0.5, 0.6) is 5.75 Å². The summed E-state index contributed by atoms with van der Waals surface area (Å²) < 4.78 is 0. The molecule has 11 nitrogen and oxygen atoms in total. The molecule has 1 aromatic heterocycles. The van der Waals surface area contributed by atoms with Crippen molar-refractivity contribution < 1.29 is 29.4 Å². The third kappa shape index (κ3) is 7.62. The van der Waals surface area contributed by atoms with Gasteiger partial charge in [0.05, 0.1) is 6.04 Å². The van der Waals surface area contributed by atoms with Crippen molar-refractivity contribution >= 4 is 46.4 Å². The largest absolute Gasteiger partial charge is 0.508 e. The van der Waals surface area contributed by atoms with Crippen molar-refractivity contribution in [2.45, 2.75) is 56.3 Å². The number of carboxylic acids is 1. The highest BCUT2D eigenvalue weighted by Gasteiger charge is 2.38. The van der Waals surface area contributed by atoms with Crippen LogP contribution in [0.4, 0.5) is 0 Å². The number of phenolic OH excluding ortho intramolecular Hbond substituents is 1. The number of aliphatic carboxylic acids is 1. The van der Waals surface area contributed by atoms with Crippen molar-refractivity contribution in [2.75, 3.05) is 18.6 Å². The summed E-state index contributed by atoms with van der Waals surface area (Å²) in [4.78, 5) is 57.0. The maximum atomic E-state index is 13.6. The monoisotopic (exact) mass is 595 g/mol. The van der Waals surface area contributed by atoms with Crippen LogP contribution in [0.25, 0.3) is 10.9 Å². The first-order chi connectivity index (χ1) is 20.2. The molecule has 0 spiro atoms. The van der Waals surface area contributed by atoms with E-state index >= 15 is 0 Å². The van der Waals surface area contributed by atoms with E-state index in [-0.39, 0.29) is 24.5 Å². The molecule has 0 saturated carbocycles. The molecule has 1 aliphatic rings. The Balaban J connectivity index is 1.54. The third-order valence-electron chi connectivity index (χ3n) is 7.51. The van der Waals surface area contributed by atoms with Crippen LogP contribution < -0.4 is 16.4 Å². The van der Waals surface area contributed by atoms with Crippen molar-refractivity contribution in [1.29, 1.82) is 0 Å². The zero-order valence-electron chi connectivity index (χ0n) is 23.4. The standard InChI is InChI=1S/C30H37N5O6S/c1-42-14-12-22(31)29(39)35-13-4-7-26(35)28(38)33-24(16-19-17-32-23-6-3-2-5-21(19)23)27(37)34-25(30(40)41)15-18-8-10-20(36)11-9-18/h2-3,5-6,8-11,17,22,24-26,32,36H,4,7,12-16,31H2,1H3,(H,33,38)(H,34,37)(H,40,41). The average Bonchev–Trinajstić information content (AvgIpc) is 3.63. The van der Waals surface area contributed by atoms with E-state index in [9.17, 15) is 29.4 Å². The van der Waals surface area contributed by atoms with E-state index < -0.39 is 42.0 Å². The second-order valence-corrected chi connectivity index (χ2v) is 11.5. The Morgan fingerprint density at radius 2 is 1.81 bits per heavy atom. The number of nitrogens with two attached hydrogens (primary N) is 1. The molecule has 12 heteroatoms. The lowest BCUT2D eigenvalue weighted by molar-refractivity contribution is -0.143. The molecule has 1 saturated heterocycles. The molecular weight excluding hydrogens is 558 g/mol. The lowest BCUT2D eigenvalue weighted by Gasteiger charge is -2.28. The molecule has 7 N–H and O–H groups in total. The average molecular weight is 596 g/mol. The van der Waals surface area contributed by atoms with Gasteiger partial charge in [-0.2, -0.15) is 11.8 Å². The first-order valence-electron chi connectivity index (χ1n) is 13.9. The second-order valence-electron chi connectivity index (χ2n) is 10.5. The quantitative estimate of drug-likeness (QED) is 0.173. The molecule has 0 radical (unpaired) electrons. The van der Waals surface area contributed by atoms with Gasteiger partial charge in [-0.3, -0.25) is 14.4 Å². The van der Waals surface area contributed by atoms with Crippen LogP contribution in [0.1, 0.15) is 30.4 Å². The van der Waals surface area contributed by atoms with Crippen LogP contribution in [0.3, 0.4) is 0 Å². The van der Waals surface area contributed by atoms with Gasteiger partial charge in [-0.05, 0) is 60.6 Å². The molecule has 1 fully saturated rings. The Morgan fingerprint density at radius 3 is 2.52 bits per heavy atom. The number of fused-ring (bicyclic) bond motifs is 1. The number of likely N-dealkylation sites (tertiary alicyclic amines) is 1. The number of aromatic amines is 1. The topological polar surface area (TPSA) is 178 Å². The molecule has 4 atom stereocenters. The molecule has 0 aliphatic carbocycles. The lowest BCUT2D eigenvalue weighted by Crippen LogP contribution is -2.57. The predicted octanol–water partition coefficient (Wildman–Crippen LogP) is 1.78. The number of benzene rings is 2. The number of hydrogen-bond donors (Lipinski definition) is 6. The molecule has 1 aliphatic heterocycles. The van der Waals surface area contributed by atoms with Crippen molar-refractivity contribution in [2.24, 2.45) is 5.73 Å². The smallest absolute Gasteiger partial charge is 0.326 e. The molecule has 2 heterocycles. The number of carboxylic acid groups (broad SMARTS) is 1. The SMILES string of the molecule is CSCCC(N)C(=O)N1CCCC1C(=O)NC(Cc1c[nH]c2ccccc12)C(=O)NC(Cc1ccc(O)cc1)C(=O)O. The van der Waals surface area contributed by atoms with E-state index in [4.69, 9.17) is 5.73 Å². The number of amides is 3. The highest BCUT2D eigenvalue weighted by atomic mass is 32.2. The Labute approximate surface area is 248 Å². The van der Waals surface area contributed by atoms with E-state index in [1.165, 1.54) is 17.0 Å². The van der Waals surface area contributed by atoms with Gasteiger partial charge in [0.15, 0.2) is 0 Å². The molecule has 3 aromatic rings. The van der Waals surface area contributed by atoms with Crippen LogP contribution in [0.2, 0.25) is 0 Å². The summed E-state index contributed by atoms with van der Waals surface area (Å²) in [7, 11) is 0. The van der Waals surface area contributed by atoms with E-state index in [1.54, 1.807) is 30.1 Å². The van der Waals surface area contributed by atoms with Gasteiger partial charge in [0.25, 0.3) is 0 Å². The molecule has 2 aromatic carbocycles. The van der Waals surface area contributed by atoms with E-state index in [0.717, 1.165) is 22.2 Å². The number of para-hydroxylation sites is 1. The number of nitrogens with one attached hydrogen (secondary N) is 3. The third-order valence-corrected chi connectivity index (χ3v) is 8.16. The highest BCUT2D eigenvalue weighted by molar-refractivity contribution is 7.98. The van der Waals surface area contributed by atoms with Crippen LogP contribution in [0, 0.1) is 0 Å². The number of aromatic nitrogens is 1. The number of thioether (sulfide) groups is 1. The van der Waals surface area contributed by atoms with Crippen LogP contribution in [-0.2, 0) is 32.0 Å². The molecule has 4 unspecified atom stereocenters. The van der Waals surface area contributed by atoms with E-state index in [1.807, 2.05) is 30.5 Å². The van der Waals surface area contributed by atoms with Gasteiger partial charge >= 0.3 is 5.97 Å². The summed E-state index contributed by atoms with van der Waals surface area (Å²) in [6, 6.07) is 9.72. The normalized spacial score (nSPS) is 17.0. The number of nitrogens with zero attached hydrogens (tertiary/aromatic N) is 1. The van der Waals surface area contributed by atoms with Crippen LogP contribution in [0.15, 0.2) is 54.7 Å². The minimum absolute atomic E-state index is 0.0199. The minimum Gasteiger partial charge on any atom is -0.508 e. The molecule has 42 heavy (non-hydrogen) atoms. The maximum absolute atomic E-state index is 13.6. The summed E-state index contributed by atoms with van der Waals surface area (Å²) in [5.41, 5.74) is 8.36. The molecule has 224 valence electrons. The fraction of sp³-hybridized carbons (Fsp3) is 0.400. The predicted molar refractivity (Wildman–Crippen MR) is 161 cm³/mol. The molecule has 4 rings (SSSR count).